The molecule has 0 bridgehead atoms. The minimum Gasteiger partial charge on any atom is -0.309 e. The first kappa shape index (κ1) is 31.9. The quantitative estimate of drug-likeness (QED) is 0.180. The molecule has 258 valence electrons. The Morgan fingerprint density at radius 1 is 0.333 bits per heavy atom. The molecular weight excluding hydrogens is 659 g/mol. The van der Waals surface area contributed by atoms with Crippen molar-refractivity contribution in [2.75, 3.05) is 0 Å². The van der Waals surface area contributed by atoms with Crippen LogP contribution in [0.2, 0.25) is 0 Å². The minimum atomic E-state index is 0.618. The smallest absolute Gasteiger partial charge is 0.166 e. The summed E-state index contributed by atoms with van der Waals surface area (Å²) in [5, 5.41) is 4.93. The van der Waals surface area contributed by atoms with Gasteiger partial charge in [0.1, 0.15) is 0 Å². The average molecular weight is 696 g/mol. The fourth-order valence-corrected chi connectivity index (χ4v) is 8.07. The van der Waals surface area contributed by atoms with Crippen molar-refractivity contribution in [1.82, 2.24) is 24.1 Å². The predicted molar refractivity (Wildman–Crippen MR) is 224 cm³/mol. The highest BCUT2D eigenvalue weighted by atomic mass is 15.1. The van der Waals surface area contributed by atoms with Crippen molar-refractivity contribution in [1.29, 1.82) is 0 Å². The normalized spacial score (nSPS) is 11.7. The molecule has 0 radical (unpaired) electrons. The molecule has 10 aromatic rings. The maximum atomic E-state index is 5.37. The maximum Gasteiger partial charge on any atom is 0.166 e. The lowest BCUT2D eigenvalue weighted by molar-refractivity contribution is 1.06. The summed E-state index contributed by atoms with van der Waals surface area (Å²) in [6.45, 7) is 8.62. The van der Waals surface area contributed by atoms with Crippen LogP contribution in [-0.4, -0.2) is 24.1 Å². The third-order valence-electron chi connectivity index (χ3n) is 10.6. The molecule has 0 atom stereocenters. The molecule has 0 saturated heterocycles. The maximum absolute atomic E-state index is 5.37. The summed E-state index contributed by atoms with van der Waals surface area (Å²) in [5.41, 5.74) is 14.3. The zero-order chi connectivity index (χ0) is 36.5. The summed E-state index contributed by atoms with van der Waals surface area (Å²) in [6, 6.07) is 54.0. The molecule has 3 aromatic heterocycles. The fourth-order valence-electron chi connectivity index (χ4n) is 8.07. The Kier molecular flexibility index (Phi) is 7.31. The van der Waals surface area contributed by atoms with Gasteiger partial charge in [-0.2, -0.15) is 0 Å². The first-order chi connectivity index (χ1) is 26.4. The highest BCUT2D eigenvalue weighted by molar-refractivity contribution is 6.11. The lowest BCUT2D eigenvalue weighted by atomic mass is 10.1. The molecule has 0 spiro atoms. The van der Waals surface area contributed by atoms with Crippen LogP contribution in [0.25, 0.3) is 89.2 Å². The van der Waals surface area contributed by atoms with Gasteiger partial charge in [-0.25, -0.2) is 15.0 Å². The van der Waals surface area contributed by atoms with E-state index in [1.54, 1.807) is 0 Å². The Balaban J connectivity index is 1.25. The average Bonchev–Trinajstić information content (AvgIpc) is 3.68. The molecule has 0 saturated carbocycles. The Morgan fingerprint density at radius 3 is 1.06 bits per heavy atom. The molecule has 0 aliphatic heterocycles. The number of hydrogen-bond acceptors (Lipinski definition) is 3. The molecule has 0 unspecified atom stereocenters. The van der Waals surface area contributed by atoms with Gasteiger partial charge in [0, 0.05) is 38.2 Å². The summed E-state index contributed by atoms with van der Waals surface area (Å²) in [7, 11) is 0. The van der Waals surface area contributed by atoms with Crippen LogP contribution in [0.15, 0.2) is 152 Å². The second-order valence-corrected chi connectivity index (χ2v) is 14.5. The Labute approximate surface area is 313 Å². The lowest BCUT2D eigenvalue weighted by Gasteiger charge is -2.16. The standard InChI is InChI=1S/C49H37N5/c1-30-18-22-43-37(26-30)38-27-31(2)19-23-44(38)53(43)41-16-10-8-14-35(41)48-50-47(34-12-6-5-7-13-34)51-49(52-48)36-15-9-11-17-42(36)54-45-24-20-32(3)28-39(45)40-29-33(4)21-25-46(40)54/h5-29H,1-4H3. The van der Waals surface area contributed by atoms with Crippen molar-refractivity contribution < 1.29 is 0 Å². The van der Waals surface area contributed by atoms with E-state index in [-0.39, 0.29) is 0 Å². The Morgan fingerprint density at radius 2 is 0.667 bits per heavy atom. The van der Waals surface area contributed by atoms with Gasteiger partial charge in [0.05, 0.1) is 33.4 Å². The van der Waals surface area contributed by atoms with Gasteiger partial charge >= 0.3 is 0 Å². The molecule has 5 heteroatoms. The van der Waals surface area contributed by atoms with E-state index in [2.05, 4.69) is 170 Å². The van der Waals surface area contributed by atoms with Gasteiger partial charge < -0.3 is 9.13 Å². The van der Waals surface area contributed by atoms with Crippen molar-refractivity contribution in [3.63, 3.8) is 0 Å². The van der Waals surface area contributed by atoms with Crippen LogP contribution in [0.1, 0.15) is 22.3 Å². The van der Waals surface area contributed by atoms with Gasteiger partial charge in [-0.05, 0) is 100 Å². The van der Waals surface area contributed by atoms with E-state index in [0.717, 1.165) is 50.1 Å². The highest BCUT2D eigenvalue weighted by Crippen LogP contribution is 2.39. The zero-order valence-corrected chi connectivity index (χ0v) is 30.7. The molecule has 3 heterocycles. The first-order valence-corrected chi connectivity index (χ1v) is 18.5. The number of aromatic nitrogens is 5. The molecular formula is C49H37N5. The molecule has 10 rings (SSSR count). The van der Waals surface area contributed by atoms with Crippen LogP contribution in [0.3, 0.4) is 0 Å². The Hall–Kier alpha value is -6.85. The van der Waals surface area contributed by atoms with Crippen molar-refractivity contribution in [2.45, 2.75) is 27.7 Å². The largest absolute Gasteiger partial charge is 0.309 e. The Bertz CT molecular complexity index is 2790. The van der Waals surface area contributed by atoms with Crippen LogP contribution >= 0.6 is 0 Å². The number of benzene rings is 7. The second kappa shape index (κ2) is 12.4. The van der Waals surface area contributed by atoms with E-state index in [9.17, 15) is 0 Å². The van der Waals surface area contributed by atoms with E-state index < -0.39 is 0 Å². The van der Waals surface area contributed by atoms with Crippen LogP contribution in [0.5, 0.6) is 0 Å². The van der Waals surface area contributed by atoms with E-state index in [0.29, 0.717) is 17.5 Å². The third kappa shape index (κ3) is 5.12. The number of fused-ring (bicyclic) bond motifs is 6. The van der Waals surface area contributed by atoms with Crippen molar-refractivity contribution in [3.05, 3.63) is 174 Å². The van der Waals surface area contributed by atoms with Gasteiger partial charge in [-0.3, -0.25) is 0 Å². The zero-order valence-electron chi connectivity index (χ0n) is 30.7. The topological polar surface area (TPSA) is 48.5 Å². The second-order valence-electron chi connectivity index (χ2n) is 14.5. The number of para-hydroxylation sites is 2. The summed E-state index contributed by atoms with van der Waals surface area (Å²) >= 11 is 0. The fraction of sp³-hybridized carbons (Fsp3) is 0.0816. The summed E-state index contributed by atoms with van der Waals surface area (Å²) < 4.78 is 4.72. The molecule has 0 fully saturated rings. The van der Waals surface area contributed by atoms with E-state index >= 15 is 0 Å². The van der Waals surface area contributed by atoms with Gasteiger partial charge in [0.2, 0.25) is 0 Å². The van der Waals surface area contributed by atoms with Crippen molar-refractivity contribution >= 4 is 43.6 Å². The van der Waals surface area contributed by atoms with Crippen LogP contribution in [-0.2, 0) is 0 Å². The summed E-state index contributed by atoms with van der Waals surface area (Å²) in [4.78, 5) is 15.8. The predicted octanol–water partition coefficient (Wildman–Crippen LogP) is 12.3. The number of hydrogen-bond donors (Lipinski definition) is 0. The molecule has 0 aliphatic rings. The monoisotopic (exact) mass is 695 g/mol. The summed E-state index contributed by atoms with van der Waals surface area (Å²) in [5.74, 6) is 1.86. The minimum absolute atomic E-state index is 0.618. The van der Waals surface area contributed by atoms with Gasteiger partial charge in [0.25, 0.3) is 0 Å². The van der Waals surface area contributed by atoms with Gasteiger partial charge in [-0.15, -0.1) is 0 Å². The molecule has 5 nitrogen and oxygen atoms in total. The van der Waals surface area contributed by atoms with Crippen LogP contribution in [0.4, 0.5) is 0 Å². The molecule has 0 aliphatic carbocycles. The molecule has 0 N–H and O–H groups in total. The number of aryl methyl sites for hydroxylation is 4. The SMILES string of the molecule is Cc1ccc2c(c1)c1cc(C)ccc1n2-c1ccccc1-c1nc(-c2ccccc2)nc(-c2ccccc2-n2c3ccc(C)cc3c3cc(C)ccc32)n1. The number of nitrogens with zero attached hydrogens (tertiary/aromatic N) is 5. The highest BCUT2D eigenvalue weighted by Gasteiger charge is 2.22. The van der Waals surface area contributed by atoms with Crippen molar-refractivity contribution in [3.8, 4) is 45.5 Å². The summed E-state index contributed by atoms with van der Waals surface area (Å²) in [6.07, 6.45) is 0. The van der Waals surface area contributed by atoms with Crippen molar-refractivity contribution in [2.24, 2.45) is 0 Å². The van der Waals surface area contributed by atoms with E-state index in [1.165, 1.54) is 43.8 Å². The van der Waals surface area contributed by atoms with Crippen LogP contribution in [0, 0.1) is 27.7 Å². The third-order valence-corrected chi connectivity index (χ3v) is 10.6. The van der Waals surface area contributed by atoms with Crippen LogP contribution < -0.4 is 0 Å². The number of rotatable bonds is 5. The molecule has 0 amide bonds. The molecule has 54 heavy (non-hydrogen) atoms. The van der Waals surface area contributed by atoms with E-state index in [1.807, 2.05) is 18.2 Å². The first-order valence-electron chi connectivity index (χ1n) is 18.5. The van der Waals surface area contributed by atoms with Gasteiger partial charge in [0.15, 0.2) is 17.5 Å². The van der Waals surface area contributed by atoms with E-state index in [4.69, 9.17) is 15.0 Å². The lowest BCUT2D eigenvalue weighted by Crippen LogP contribution is -2.05. The molecule has 7 aromatic carbocycles. The van der Waals surface area contributed by atoms with Gasteiger partial charge in [-0.1, -0.05) is 101 Å².